The minimum Gasteiger partial charge on any atom is -0.536 e. The van der Waals surface area contributed by atoms with Crippen molar-refractivity contribution in [2.45, 2.75) is 19.8 Å². The van der Waals surface area contributed by atoms with Gasteiger partial charge in [-0.3, -0.25) is 0 Å². The fraction of sp³-hybridized carbons (Fsp3) is 0.0370. The van der Waals surface area contributed by atoms with Gasteiger partial charge in [-0.05, 0) is 151 Å². The fourth-order valence-corrected chi connectivity index (χ4v) is 17.8. The van der Waals surface area contributed by atoms with Crippen LogP contribution in [0, 0.1) is 6.92 Å². The highest BCUT2D eigenvalue weighted by atomic mass is 79.9. The van der Waals surface area contributed by atoms with Crippen LogP contribution in [-0.2, 0) is 12.8 Å². The molecular weight excluding hydrogens is 1190 g/mol. The van der Waals surface area contributed by atoms with Crippen LogP contribution in [0.1, 0.15) is 27.8 Å². The minimum atomic E-state index is -0.467. The Kier molecular flexibility index (Phi) is 16.6. The van der Waals surface area contributed by atoms with Gasteiger partial charge in [0.1, 0.15) is 5.75 Å². The van der Waals surface area contributed by atoms with E-state index in [0.29, 0.717) is 5.75 Å². The molecule has 0 amide bonds. The van der Waals surface area contributed by atoms with Crippen LogP contribution >= 0.6 is 46.5 Å². The molecule has 2 aliphatic carbocycles. The lowest BCUT2D eigenvalue weighted by molar-refractivity contribution is 0.457. The first-order chi connectivity index (χ1) is 43.4. The van der Waals surface area contributed by atoms with Crippen LogP contribution in [0.5, 0.6) is 5.75 Å². The molecule has 7 heteroatoms. The summed E-state index contributed by atoms with van der Waals surface area (Å²) in [4.78, 5) is 0. The molecule has 1 N–H and O–H groups in total. The van der Waals surface area contributed by atoms with Gasteiger partial charge in [-0.25, -0.2) is 0 Å². The van der Waals surface area contributed by atoms with Gasteiger partial charge in [-0.2, -0.15) is 0 Å². The molecule has 0 saturated carbocycles. The largest absolute Gasteiger partial charge is 0.569 e. The van der Waals surface area contributed by atoms with Gasteiger partial charge in [-0.15, -0.1) is 22.7 Å². The number of fused-ring (bicyclic) bond motifs is 12. The van der Waals surface area contributed by atoms with E-state index in [0.717, 1.165) is 35.1 Å². The predicted octanol–water partition coefficient (Wildman–Crippen LogP) is 21.4. The van der Waals surface area contributed by atoms with Crippen molar-refractivity contribution in [3.05, 3.63) is 336 Å². The number of thiophene rings is 2. The first-order valence-corrected chi connectivity index (χ1v) is 33.4. The van der Waals surface area contributed by atoms with Gasteiger partial charge in [0.25, 0.3) is 0 Å². The molecule has 2 nitrogen and oxygen atoms in total. The Labute approximate surface area is 532 Å². The summed E-state index contributed by atoms with van der Waals surface area (Å²) in [5, 5.41) is 18.3. The van der Waals surface area contributed by atoms with Gasteiger partial charge in [0.2, 0.25) is 0 Å². The second-order valence-electron chi connectivity index (χ2n) is 22.0. The molecule has 1 radical (unpaired) electrons. The van der Waals surface area contributed by atoms with Gasteiger partial charge in [0, 0.05) is 40.1 Å². The summed E-state index contributed by atoms with van der Waals surface area (Å²) >= 11 is 7.12. The summed E-state index contributed by atoms with van der Waals surface area (Å²) < 4.78 is 11.4. The van der Waals surface area contributed by atoms with Crippen molar-refractivity contribution in [3.8, 4) is 61.4 Å². The SMILES string of the molecule is Brc1ccc2c(c1)-c1ccccc1C2.Cc1ccccc1P(c1ccccc1)c1ccccc1.O[B]Oc1cccc2c1sc1c(-c3ccccc3)cccc12.c1ccc(-c2cccc3c2sc2cc(-c4ccc5c(c4)Cc4ccccc4-5)ccc23)cc1. The molecule has 0 saturated heterocycles. The highest BCUT2D eigenvalue weighted by Gasteiger charge is 2.21. The van der Waals surface area contributed by atoms with Crippen molar-refractivity contribution in [2.24, 2.45) is 0 Å². The number of halogens is 1. The Bertz CT molecular complexity index is 4930. The summed E-state index contributed by atoms with van der Waals surface area (Å²) in [7, 11) is 0.267. The van der Waals surface area contributed by atoms with Gasteiger partial charge < -0.3 is 9.68 Å². The summed E-state index contributed by atoms with van der Waals surface area (Å²) in [6.07, 6.45) is 2.11. The Morgan fingerprint density at radius 2 is 0.841 bits per heavy atom. The Hall–Kier alpha value is -8.97. The van der Waals surface area contributed by atoms with E-state index in [9.17, 15) is 0 Å². The van der Waals surface area contributed by atoms with Crippen molar-refractivity contribution < 1.29 is 9.68 Å². The van der Waals surface area contributed by atoms with Crippen molar-refractivity contribution >= 4 is 110 Å². The molecular formula is C81H58BBrO2PS2. The molecule has 13 aromatic carbocycles. The standard InChI is InChI=1S/C31H20S.C19H17P.C18H12BO2S.C13H9Br/c1-2-7-20(8-3-1)27-11-6-12-29-28-16-14-22(19-30(28)32-31(27)29)21-13-15-26-24(17-21)18-23-9-4-5-10-25(23)26;1-16-10-8-9-15-19(16)20(17-11-4-2-5-12-17)18-13-6-3-7-14-18;20-19-21-16-11-5-10-15-14-9-4-8-13(17(14)22-18(15)16)12-6-2-1-3-7-12;14-11-6-5-10-7-9-3-1-2-4-12(9)13(10)8-11/h1-17,19H,18H2;2-15H,1H3;1-11,20H;1-6,8H,7H2. The summed E-state index contributed by atoms with van der Waals surface area (Å²) in [5.41, 5.74) is 20.3. The molecule has 0 spiro atoms. The zero-order chi connectivity index (χ0) is 59.3. The molecule has 2 aliphatic rings. The average molecular weight is 1250 g/mol. The summed E-state index contributed by atoms with van der Waals surface area (Å²) in [5.74, 6) is 0.681. The fourth-order valence-electron chi connectivity index (χ4n) is 12.4. The maximum atomic E-state index is 8.94. The lowest BCUT2D eigenvalue weighted by atomic mass is 9.98. The molecule has 0 bridgehead atoms. The lowest BCUT2D eigenvalue weighted by Crippen LogP contribution is -2.22. The molecule has 0 aliphatic heterocycles. The highest BCUT2D eigenvalue weighted by molar-refractivity contribution is 9.10. The topological polar surface area (TPSA) is 29.5 Å². The van der Waals surface area contributed by atoms with Crippen molar-refractivity contribution in [1.29, 1.82) is 0 Å². The normalized spacial score (nSPS) is 11.6. The van der Waals surface area contributed by atoms with Gasteiger partial charge in [-0.1, -0.05) is 295 Å². The van der Waals surface area contributed by atoms with E-state index in [2.05, 4.69) is 308 Å². The van der Waals surface area contributed by atoms with Gasteiger partial charge >= 0.3 is 7.69 Å². The third-order valence-electron chi connectivity index (χ3n) is 16.6. The van der Waals surface area contributed by atoms with E-state index < -0.39 is 7.92 Å². The third kappa shape index (κ3) is 11.6. The molecule has 15 aromatic rings. The van der Waals surface area contributed by atoms with Crippen LogP contribution in [0.4, 0.5) is 0 Å². The van der Waals surface area contributed by atoms with Crippen molar-refractivity contribution in [3.63, 3.8) is 0 Å². The van der Waals surface area contributed by atoms with E-state index in [1.165, 1.54) is 130 Å². The second kappa shape index (κ2) is 25.8. The molecule has 2 heterocycles. The van der Waals surface area contributed by atoms with E-state index in [-0.39, 0.29) is 0 Å². The quantitative estimate of drug-likeness (QED) is 0.121. The molecule has 0 fully saturated rings. The Morgan fingerprint density at radius 3 is 1.48 bits per heavy atom. The first kappa shape index (κ1) is 56.8. The second-order valence-corrected chi connectivity index (χ2v) is 27.2. The smallest absolute Gasteiger partial charge is 0.536 e. The highest BCUT2D eigenvalue weighted by Crippen LogP contribution is 2.46. The van der Waals surface area contributed by atoms with Crippen molar-refractivity contribution in [2.75, 3.05) is 0 Å². The van der Waals surface area contributed by atoms with Crippen LogP contribution in [0.3, 0.4) is 0 Å². The number of rotatable bonds is 8. The molecule has 0 atom stereocenters. The maximum absolute atomic E-state index is 8.94. The minimum absolute atomic E-state index is 0.467. The monoisotopic (exact) mass is 1250 g/mol. The molecule has 17 rings (SSSR count). The Balaban J connectivity index is 0.000000108. The summed E-state index contributed by atoms with van der Waals surface area (Å²) in [6.45, 7) is 2.20. The van der Waals surface area contributed by atoms with Crippen LogP contribution < -0.4 is 20.6 Å². The Morgan fingerprint density at radius 1 is 0.364 bits per heavy atom. The van der Waals surface area contributed by atoms with Gasteiger partial charge in [0.05, 0.1) is 4.70 Å². The zero-order valence-electron chi connectivity index (χ0n) is 48.4. The van der Waals surface area contributed by atoms with Gasteiger partial charge in [0.15, 0.2) is 0 Å². The molecule has 88 heavy (non-hydrogen) atoms. The lowest BCUT2D eigenvalue weighted by Gasteiger charge is -2.21. The van der Waals surface area contributed by atoms with E-state index >= 15 is 0 Å². The predicted molar refractivity (Wildman–Crippen MR) is 384 cm³/mol. The van der Waals surface area contributed by atoms with Crippen molar-refractivity contribution in [1.82, 2.24) is 0 Å². The zero-order valence-corrected chi connectivity index (χ0v) is 52.5. The molecule has 2 aromatic heterocycles. The van der Waals surface area contributed by atoms with E-state index in [4.69, 9.17) is 9.68 Å². The average Bonchev–Trinajstić information content (AvgIpc) is 2.35. The number of hydrogen-bond acceptors (Lipinski definition) is 4. The number of hydrogen-bond donors (Lipinski definition) is 1. The third-order valence-corrected chi connectivity index (χ3v) is 22.2. The summed E-state index contributed by atoms with van der Waals surface area (Å²) in [6, 6.07) is 108. The van der Waals surface area contributed by atoms with E-state index in [1.807, 2.05) is 29.5 Å². The van der Waals surface area contributed by atoms with E-state index in [1.54, 1.807) is 11.3 Å². The first-order valence-electron chi connectivity index (χ1n) is 29.6. The van der Waals surface area contributed by atoms with Crippen LogP contribution in [-0.4, -0.2) is 12.7 Å². The molecule has 421 valence electrons. The van der Waals surface area contributed by atoms with Crippen LogP contribution in [0.25, 0.3) is 96.0 Å². The maximum Gasteiger partial charge on any atom is 0.569 e. The number of benzene rings is 13. The molecule has 0 unspecified atom stereocenters. The van der Waals surface area contributed by atoms with Crippen LogP contribution in [0.15, 0.2) is 308 Å². The number of aryl methyl sites for hydroxylation is 1. The van der Waals surface area contributed by atoms with Crippen LogP contribution in [0.2, 0.25) is 0 Å².